The molecule has 0 aliphatic rings. The van der Waals surface area contributed by atoms with Crippen LogP contribution in [0.5, 0.6) is 0 Å². The number of halogens is 1. The van der Waals surface area contributed by atoms with Gasteiger partial charge in [0.25, 0.3) is 11.5 Å². The number of nitrogens with one attached hydrogen (secondary N) is 1. The van der Waals surface area contributed by atoms with Crippen molar-refractivity contribution >= 4 is 28.3 Å². The number of hydrogen-bond donors (Lipinski definition) is 1. The highest BCUT2D eigenvalue weighted by atomic mass is 35.5. The summed E-state index contributed by atoms with van der Waals surface area (Å²) in [4.78, 5) is 26.2. The van der Waals surface area contributed by atoms with E-state index in [-0.39, 0.29) is 11.5 Å². The summed E-state index contributed by atoms with van der Waals surface area (Å²) in [6.07, 6.45) is 1.48. The topological polar surface area (TPSA) is 76.9 Å². The third kappa shape index (κ3) is 3.57. The fraction of sp³-hybridized carbons (Fsp3) is 0.130. The van der Waals surface area contributed by atoms with Crippen LogP contribution in [0.25, 0.3) is 16.5 Å². The maximum atomic E-state index is 13.4. The number of carbonyl (C=O) groups excluding carboxylic acids is 1. The molecule has 0 aliphatic heterocycles. The van der Waals surface area contributed by atoms with Gasteiger partial charge in [0.15, 0.2) is 0 Å². The predicted molar refractivity (Wildman–Crippen MR) is 117 cm³/mol. The summed E-state index contributed by atoms with van der Waals surface area (Å²) in [7, 11) is 0. The number of rotatable bonds is 4. The number of aryl methyl sites for hydroxylation is 1. The van der Waals surface area contributed by atoms with Crippen LogP contribution in [0.4, 0.5) is 0 Å². The molecule has 0 unspecified atom stereocenters. The van der Waals surface area contributed by atoms with Gasteiger partial charge in [-0.05, 0) is 49.6 Å². The first-order valence-electron chi connectivity index (χ1n) is 9.46. The van der Waals surface area contributed by atoms with Crippen molar-refractivity contribution in [2.45, 2.75) is 19.9 Å². The molecular weight excluding hydrogens is 400 g/mol. The maximum absolute atomic E-state index is 13.4. The van der Waals surface area contributed by atoms with E-state index in [4.69, 9.17) is 11.6 Å². The van der Waals surface area contributed by atoms with Crippen molar-refractivity contribution in [3.05, 3.63) is 99.2 Å². The van der Waals surface area contributed by atoms with Crippen LogP contribution in [0.15, 0.2) is 71.7 Å². The van der Waals surface area contributed by atoms with Crippen molar-refractivity contribution in [3.63, 3.8) is 0 Å². The van der Waals surface area contributed by atoms with E-state index < -0.39 is 6.04 Å². The molecule has 30 heavy (non-hydrogen) atoms. The molecule has 2 aromatic heterocycles. The van der Waals surface area contributed by atoms with E-state index in [1.807, 2.05) is 49.4 Å². The number of aromatic nitrogens is 3. The first-order valence-corrected chi connectivity index (χ1v) is 9.84. The Bertz CT molecular complexity index is 1300. The molecule has 6 nitrogen and oxygen atoms in total. The molecule has 4 rings (SSSR count). The van der Waals surface area contributed by atoms with Crippen molar-refractivity contribution in [2.75, 3.05) is 0 Å². The third-order valence-corrected chi connectivity index (χ3v) is 5.30. The number of carbonyl (C=O) groups is 1. The molecule has 7 heteroatoms. The van der Waals surface area contributed by atoms with Gasteiger partial charge in [0.1, 0.15) is 0 Å². The molecule has 1 amide bonds. The lowest BCUT2D eigenvalue weighted by atomic mass is 10.1. The van der Waals surface area contributed by atoms with E-state index >= 15 is 0 Å². The van der Waals surface area contributed by atoms with Gasteiger partial charge in [0.05, 0.1) is 33.9 Å². The molecule has 1 atom stereocenters. The van der Waals surface area contributed by atoms with Crippen LogP contribution in [-0.4, -0.2) is 20.7 Å². The first-order chi connectivity index (χ1) is 14.5. The summed E-state index contributed by atoms with van der Waals surface area (Å²) in [6.45, 7) is 3.57. The summed E-state index contributed by atoms with van der Waals surface area (Å²) in [5.74, 6) is -0.284. The Morgan fingerprint density at radius 2 is 1.87 bits per heavy atom. The molecule has 0 aliphatic carbocycles. The molecule has 1 N–H and O–H groups in total. The average molecular weight is 419 g/mol. The molecule has 150 valence electrons. The molecule has 0 fully saturated rings. The number of amides is 1. The second kappa shape index (κ2) is 8.08. The van der Waals surface area contributed by atoms with Crippen LogP contribution < -0.4 is 10.9 Å². The Balaban J connectivity index is 1.86. The minimum absolute atomic E-state index is 0.234. The average Bonchev–Trinajstić information content (AvgIpc) is 2.74. The number of fused-ring (bicyclic) bond motifs is 1. The van der Waals surface area contributed by atoms with Crippen molar-refractivity contribution in [3.8, 4) is 5.69 Å². The molecular formula is C23H19ClN4O2. The number of pyridine rings is 1. The van der Waals surface area contributed by atoms with Gasteiger partial charge in [-0.2, -0.15) is 10.2 Å². The maximum Gasteiger partial charge on any atom is 0.264 e. The molecule has 0 saturated carbocycles. The van der Waals surface area contributed by atoms with Crippen molar-refractivity contribution < 1.29 is 4.79 Å². The largest absolute Gasteiger partial charge is 0.344 e. The minimum atomic E-state index is -0.457. The summed E-state index contributed by atoms with van der Waals surface area (Å²) in [5, 5.41) is 12.2. The number of para-hydroxylation sites is 1. The van der Waals surface area contributed by atoms with Gasteiger partial charge in [-0.1, -0.05) is 41.9 Å². The summed E-state index contributed by atoms with van der Waals surface area (Å²) < 4.78 is 1.59. The standard InChI is InChI=1S/C23H19ClN4O2/c1-14-18(11-12-25-27-14)22(29)26-15(2)20-13-16-7-6-10-19(24)21(16)23(30)28(20)17-8-4-3-5-9-17/h3-13,15H,1-2H3,(H,26,29)/t15-/m0/s1. The zero-order valence-corrected chi connectivity index (χ0v) is 17.2. The molecule has 0 spiro atoms. The zero-order chi connectivity index (χ0) is 21.3. The van der Waals surface area contributed by atoms with E-state index in [9.17, 15) is 9.59 Å². The fourth-order valence-corrected chi connectivity index (χ4v) is 3.75. The summed E-state index contributed by atoms with van der Waals surface area (Å²) >= 11 is 6.34. The van der Waals surface area contributed by atoms with E-state index in [2.05, 4.69) is 15.5 Å². The quantitative estimate of drug-likeness (QED) is 0.538. The van der Waals surface area contributed by atoms with Crippen LogP contribution in [0.2, 0.25) is 5.02 Å². The first kappa shape index (κ1) is 19.8. The number of nitrogens with zero attached hydrogens (tertiary/aromatic N) is 3. The van der Waals surface area contributed by atoms with Gasteiger partial charge in [0.2, 0.25) is 0 Å². The lowest BCUT2D eigenvalue weighted by Crippen LogP contribution is -2.32. The van der Waals surface area contributed by atoms with Gasteiger partial charge in [-0.3, -0.25) is 14.2 Å². The summed E-state index contributed by atoms with van der Waals surface area (Å²) in [6, 6.07) is 17.7. The molecule has 2 aromatic carbocycles. The highest BCUT2D eigenvalue weighted by molar-refractivity contribution is 6.35. The van der Waals surface area contributed by atoms with Crippen LogP contribution in [0.3, 0.4) is 0 Å². The SMILES string of the molecule is Cc1nnccc1C(=O)N[C@@H](C)c1cc2cccc(Cl)c2c(=O)n1-c1ccccc1. The highest BCUT2D eigenvalue weighted by Crippen LogP contribution is 2.25. The van der Waals surface area contributed by atoms with Crippen LogP contribution >= 0.6 is 11.6 Å². The third-order valence-electron chi connectivity index (χ3n) is 4.98. The molecule has 0 bridgehead atoms. The Morgan fingerprint density at radius 1 is 1.10 bits per heavy atom. The molecule has 2 heterocycles. The summed E-state index contributed by atoms with van der Waals surface area (Å²) in [5.41, 5.74) is 2.08. The number of hydrogen-bond acceptors (Lipinski definition) is 4. The van der Waals surface area contributed by atoms with Gasteiger partial charge < -0.3 is 5.32 Å². The van der Waals surface area contributed by atoms with Gasteiger partial charge in [-0.25, -0.2) is 0 Å². The number of benzene rings is 2. The van der Waals surface area contributed by atoms with Crippen molar-refractivity contribution in [1.82, 2.24) is 20.1 Å². The Labute approximate surface area is 178 Å². The van der Waals surface area contributed by atoms with Crippen LogP contribution in [0.1, 0.15) is 34.7 Å². The Morgan fingerprint density at radius 3 is 2.60 bits per heavy atom. The van der Waals surface area contributed by atoms with Gasteiger partial charge in [-0.15, -0.1) is 0 Å². The van der Waals surface area contributed by atoms with E-state index in [0.29, 0.717) is 33.0 Å². The second-order valence-electron chi connectivity index (χ2n) is 6.97. The molecule has 0 radical (unpaired) electrons. The van der Waals surface area contributed by atoms with Gasteiger partial charge >= 0.3 is 0 Å². The van der Waals surface area contributed by atoms with Crippen LogP contribution in [0, 0.1) is 6.92 Å². The van der Waals surface area contributed by atoms with E-state index in [0.717, 1.165) is 5.39 Å². The molecule has 4 aromatic rings. The predicted octanol–water partition coefficient (Wildman–Crippen LogP) is 4.23. The normalized spacial score (nSPS) is 12.0. The smallest absolute Gasteiger partial charge is 0.264 e. The zero-order valence-electron chi connectivity index (χ0n) is 16.5. The Kier molecular flexibility index (Phi) is 5.33. The fourth-order valence-electron chi connectivity index (χ4n) is 3.49. The van der Waals surface area contributed by atoms with Crippen molar-refractivity contribution in [2.24, 2.45) is 0 Å². The lowest BCUT2D eigenvalue weighted by molar-refractivity contribution is 0.0937. The molecule has 0 saturated heterocycles. The minimum Gasteiger partial charge on any atom is -0.344 e. The van der Waals surface area contributed by atoms with Crippen molar-refractivity contribution in [1.29, 1.82) is 0 Å². The second-order valence-corrected chi connectivity index (χ2v) is 7.38. The lowest BCUT2D eigenvalue weighted by Gasteiger charge is -2.21. The van der Waals surface area contributed by atoms with E-state index in [1.54, 1.807) is 29.7 Å². The monoisotopic (exact) mass is 418 g/mol. The Hall–Kier alpha value is -3.51. The van der Waals surface area contributed by atoms with E-state index in [1.165, 1.54) is 6.20 Å². The van der Waals surface area contributed by atoms with Gasteiger partial charge in [0, 0.05) is 11.4 Å². The van der Waals surface area contributed by atoms with Crippen LogP contribution in [-0.2, 0) is 0 Å². The highest BCUT2D eigenvalue weighted by Gasteiger charge is 2.20.